The summed E-state index contributed by atoms with van der Waals surface area (Å²) in [5, 5.41) is 10.6. The number of aromatic nitrogens is 1. The Morgan fingerprint density at radius 3 is 2.67 bits per heavy atom. The summed E-state index contributed by atoms with van der Waals surface area (Å²) in [6.07, 6.45) is 3.95. The first-order valence-corrected chi connectivity index (χ1v) is 14.2. The highest BCUT2D eigenvalue weighted by Gasteiger charge is 2.32. The number of nitrogens with one attached hydrogen (secondary N) is 3. The Hall–Kier alpha value is -3.05. The van der Waals surface area contributed by atoms with Crippen LogP contribution < -0.4 is 49.2 Å². The van der Waals surface area contributed by atoms with Crippen molar-refractivity contribution in [2.45, 2.75) is 50.1 Å². The monoisotopic (exact) mass is 575 g/mol. The van der Waals surface area contributed by atoms with E-state index in [1.165, 1.54) is 12.3 Å². The Bertz CT molecular complexity index is 1350. The number of hydrogen-bond acceptors (Lipinski definition) is 14. The first-order valence-electron chi connectivity index (χ1n) is 13.5. The summed E-state index contributed by atoms with van der Waals surface area (Å²) in [4.78, 5) is 27.0. The van der Waals surface area contributed by atoms with Crippen LogP contribution in [0.1, 0.15) is 25.7 Å². The van der Waals surface area contributed by atoms with Gasteiger partial charge in [-0.1, -0.05) is 12.8 Å². The summed E-state index contributed by atoms with van der Waals surface area (Å²) < 4.78 is 21.6. The minimum atomic E-state index is -1.00. The molecule has 1 amide bonds. The molecule has 4 atom stereocenters. The van der Waals surface area contributed by atoms with Gasteiger partial charge in [0.25, 0.3) is 0 Å². The van der Waals surface area contributed by atoms with Crippen LogP contribution in [0.2, 0.25) is 0 Å². The predicted octanol–water partition coefficient (Wildman–Crippen LogP) is -0.164. The molecule has 0 bridgehead atoms. The van der Waals surface area contributed by atoms with Gasteiger partial charge in [-0.3, -0.25) is 14.9 Å². The maximum atomic E-state index is 12.7. The maximum Gasteiger partial charge on any atom is 0.230 e. The fourth-order valence-corrected chi connectivity index (χ4v) is 5.92. The van der Waals surface area contributed by atoms with E-state index in [1.54, 1.807) is 6.07 Å². The van der Waals surface area contributed by atoms with Crippen molar-refractivity contribution in [3.05, 3.63) is 28.6 Å². The molecular formula is C25H37N9O5S. The Morgan fingerprint density at radius 2 is 1.95 bits per heavy atom. The highest BCUT2D eigenvalue weighted by Crippen LogP contribution is 2.34. The van der Waals surface area contributed by atoms with E-state index in [9.17, 15) is 9.59 Å². The molecule has 15 heteroatoms. The van der Waals surface area contributed by atoms with Gasteiger partial charge in [-0.2, -0.15) is 4.37 Å². The van der Waals surface area contributed by atoms with Gasteiger partial charge in [0.15, 0.2) is 11.5 Å². The third kappa shape index (κ3) is 6.30. The van der Waals surface area contributed by atoms with Crippen molar-refractivity contribution in [1.82, 2.24) is 15.0 Å². The molecule has 14 nitrogen and oxygen atoms in total. The first kappa shape index (κ1) is 28.5. The molecule has 5 rings (SSSR count). The van der Waals surface area contributed by atoms with Crippen LogP contribution >= 0.6 is 11.5 Å². The van der Waals surface area contributed by atoms with Gasteiger partial charge in [-0.15, -0.1) is 0 Å². The molecule has 2 fully saturated rings. The van der Waals surface area contributed by atoms with E-state index >= 15 is 0 Å². The number of hydrogen-bond donors (Lipinski definition) is 7. The third-order valence-corrected chi connectivity index (χ3v) is 8.17. The number of fused-ring (bicyclic) bond motifs is 1. The highest BCUT2D eigenvalue weighted by molar-refractivity contribution is 7.10. The number of primary amides is 1. The topological polar surface area (TPSA) is 226 Å². The number of anilines is 2. The molecule has 0 aromatic carbocycles. The molecule has 218 valence electrons. The normalized spacial score (nSPS) is 21.6. The maximum absolute atomic E-state index is 12.7. The van der Waals surface area contributed by atoms with Gasteiger partial charge in [0.2, 0.25) is 16.9 Å². The Morgan fingerprint density at radius 1 is 1.18 bits per heavy atom. The Kier molecular flexibility index (Phi) is 9.00. The molecule has 2 unspecified atom stereocenters. The highest BCUT2D eigenvalue weighted by atomic mass is 32.1. The second kappa shape index (κ2) is 12.6. The standard InChI is InChI=1S/C25H37N9O5S/c26-14-3-1-2-4-15(14)30-12-31-25(20(23(27)28)24(29)36)32-18-9-16(33-40-18)13-11-38-22-17(35)10-19(39-21(13)22)34-5-7-37-8-6-34/h9-11,14-15,20,23,25,30-32H,1-8,12,26-28H2,(H2,29,36)/t14-,15+,20?,25?/m1/s1. The summed E-state index contributed by atoms with van der Waals surface area (Å²) in [5.74, 6) is -1.11. The van der Waals surface area contributed by atoms with Crippen LogP contribution in [0.5, 0.6) is 0 Å². The molecular weight excluding hydrogens is 538 g/mol. The second-order valence-corrected chi connectivity index (χ2v) is 11.0. The summed E-state index contributed by atoms with van der Waals surface area (Å²) in [7, 11) is 0. The molecule has 2 aliphatic rings. The predicted molar refractivity (Wildman–Crippen MR) is 153 cm³/mol. The van der Waals surface area contributed by atoms with Gasteiger partial charge in [0.05, 0.1) is 48.8 Å². The van der Waals surface area contributed by atoms with Crippen molar-refractivity contribution in [3.8, 4) is 11.3 Å². The van der Waals surface area contributed by atoms with E-state index in [-0.39, 0.29) is 23.1 Å². The quantitative estimate of drug-likeness (QED) is 0.148. The largest absolute Gasteiger partial charge is 0.456 e. The lowest BCUT2D eigenvalue weighted by Gasteiger charge is -2.32. The van der Waals surface area contributed by atoms with Crippen molar-refractivity contribution in [2.24, 2.45) is 28.9 Å². The third-order valence-electron chi connectivity index (χ3n) is 7.45. The minimum absolute atomic E-state index is 0.0725. The summed E-state index contributed by atoms with van der Waals surface area (Å²) in [6.45, 7) is 2.70. The van der Waals surface area contributed by atoms with Crippen molar-refractivity contribution >= 4 is 39.5 Å². The summed E-state index contributed by atoms with van der Waals surface area (Å²) in [5.41, 5.74) is 25.0. The molecule has 3 aromatic heterocycles. The smallest absolute Gasteiger partial charge is 0.230 e. The van der Waals surface area contributed by atoms with Gasteiger partial charge in [-0.05, 0) is 24.4 Å². The van der Waals surface area contributed by atoms with Crippen LogP contribution in [0.3, 0.4) is 0 Å². The fourth-order valence-electron chi connectivity index (χ4n) is 5.23. The number of carbonyl (C=O) groups is 1. The van der Waals surface area contributed by atoms with Crippen molar-refractivity contribution in [3.63, 3.8) is 0 Å². The van der Waals surface area contributed by atoms with E-state index < -0.39 is 24.2 Å². The molecule has 0 radical (unpaired) electrons. The van der Waals surface area contributed by atoms with Crippen LogP contribution in [0.25, 0.3) is 22.4 Å². The molecule has 1 aliphatic heterocycles. The van der Waals surface area contributed by atoms with E-state index in [0.29, 0.717) is 60.7 Å². The molecule has 0 spiro atoms. The number of nitrogens with two attached hydrogens (primary N) is 4. The van der Waals surface area contributed by atoms with E-state index in [0.717, 1.165) is 37.2 Å². The number of ether oxygens (including phenoxy) is 1. The van der Waals surface area contributed by atoms with Crippen LogP contribution in [0.4, 0.5) is 10.9 Å². The van der Waals surface area contributed by atoms with Crippen molar-refractivity contribution in [2.75, 3.05) is 43.2 Å². The van der Waals surface area contributed by atoms with E-state index in [1.807, 2.05) is 4.90 Å². The van der Waals surface area contributed by atoms with Crippen molar-refractivity contribution in [1.29, 1.82) is 0 Å². The molecule has 3 aromatic rings. The van der Waals surface area contributed by atoms with Gasteiger partial charge in [-0.25, -0.2) is 0 Å². The SMILES string of the molecule is NC(=O)C(C(N)N)C(NCN[C@H]1CCCC[C@H]1N)Nc1cc(-c2coc3c(=O)cc(N4CCOCC4)oc23)ns1. The number of nitrogens with zero attached hydrogens (tertiary/aromatic N) is 2. The molecule has 1 saturated heterocycles. The van der Waals surface area contributed by atoms with E-state index in [2.05, 4.69) is 20.3 Å². The summed E-state index contributed by atoms with van der Waals surface area (Å²) in [6, 6.07) is 3.44. The zero-order valence-electron chi connectivity index (χ0n) is 22.1. The number of rotatable bonds is 11. The van der Waals surface area contributed by atoms with Crippen LogP contribution in [-0.2, 0) is 9.53 Å². The zero-order chi connectivity index (χ0) is 28.2. The zero-order valence-corrected chi connectivity index (χ0v) is 23.0. The molecule has 11 N–H and O–H groups in total. The van der Waals surface area contributed by atoms with Crippen LogP contribution in [0, 0.1) is 5.92 Å². The number of carbonyl (C=O) groups excluding carboxylic acids is 1. The van der Waals surface area contributed by atoms with Crippen LogP contribution in [-0.4, -0.2) is 67.7 Å². The Balaban J connectivity index is 1.35. The summed E-state index contributed by atoms with van der Waals surface area (Å²) >= 11 is 1.16. The number of amides is 1. The van der Waals surface area contributed by atoms with Crippen LogP contribution in [0.15, 0.2) is 32.0 Å². The molecule has 1 aliphatic carbocycles. The number of morpholine rings is 1. The molecule has 4 heterocycles. The van der Waals surface area contributed by atoms with Crippen molar-refractivity contribution < 1.29 is 18.4 Å². The molecule has 1 saturated carbocycles. The second-order valence-electron chi connectivity index (χ2n) is 10.2. The lowest BCUT2D eigenvalue weighted by molar-refractivity contribution is -0.123. The van der Waals surface area contributed by atoms with Gasteiger partial charge >= 0.3 is 0 Å². The average Bonchev–Trinajstić information content (AvgIpc) is 3.57. The minimum Gasteiger partial charge on any atom is -0.456 e. The lowest BCUT2D eigenvalue weighted by Crippen LogP contribution is -2.60. The lowest BCUT2D eigenvalue weighted by atomic mass is 9.91. The number of furan rings is 1. The van der Waals surface area contributed by atoms with E-state index in [4.69, 9.17) is 36.5 Å². The fraction of sp³-hybridized carbons (Fsp3) is 0.560. The van der Waals surface area contributed by atoms with Gasteiger partial charge < -0.3 is 52.0 Å². The molecule has 40 heavy (non-hydrogen) atoms. The van der Waals surface area contributed by atoms with Gasteiger partial charge in [0, 0.05) is 37.9 Å². The van der Waals surface area contributed by atoms with Gasteiger partial charge in [0.1, 0.15) is 11.3 Å². The first-order chi connectivity index (χ1) is 19.3. The Labute approximate surface area is 234 Å². The average molecular weight is 576 g/mol.